The van der Waals surface area contributed by atoms with E-state index in [0.717, 1.165) is 0 Å². The predicted molar refractivity (Wildman–Crippen MR) is 99.0 cm³/mol. The molecule has 1 amide bonds. The number of nitro groups is 1. The van der Waals surface area contributed by atoms with Gasteiger partial charge in [-0.15, -0.1) is 0 Å². The summed E-state index contributed by atoms with van der Waals surface area (Å²) in [5, 5.41) is 17.7. The summed E-state index contributed by atoms with van der Waals surface area (Å²) in [4.78, 5) is 22.2. The largest absolute Gasteiger partial charge is 0.470 e. The van der Waals surface area contributed by atoms with Crippen molar-refractivity contribution in [2.45, 2.75) is 33.1 Å². The Kier molecular flexibility index (Phi) is 7.56. The van der Waals surface area contributed by atoms with E-state index in [0.29, 0.717) is 19.6 Å². The van der Waals surface area contributed by atoms with Gasteiger partial charge in [-0.1, -0.05) is 11.6 Å². The van der Waals surface area contributed by atoms with E-state index in [4.69, 9.17) is 21.1 Å². The summed E-state index contributed by atoms with van der Waals surface area (Å²) in [5.41, 5.74) is 0.141. The highest BCUT2D eigenvalue weighted by Gasteiger charge is 2.12. The van der Waals surface area contributed by atoms with Crippen LogP contribution in [0.15, 0.2) is 30.5 Å². The van der Waals surface area contributed by atoms with E-state index in [1.165, 1.54) is 22.9 Å². The summed E-state index contributed by atoms with van der Waals surface area (Å²) in [6.45, 7) is 4.99. The van der Waals surface area contributed by atoms with Gasteiger partial charge in [0.25, 0.3) is 11.6 Å². The first-order chi connectivity index (χ1) is 12.9. The minimum atomic E-state index is -0.539. The van der Waals surface area contributed by atoms with Crippen LogP contribution in [0.2, 0.25) is 5.02 Å². The number of carbonyl (C=O) groups is 1. The highest BCUT2D eigenvalue weighted by atomic mass is 35.5. The van der Waals surface area contributed by atoms with Crippen LogP contribution in [0, 0.1) is 10.1 Å². The van der Waals surface area contributed by atoms with Crippen LogP contribution >= 0.6 is 11.6 Å². The molecule has 0 bridgehead atoms. The van der Waals surface area contributed by atoms with Crippen molar-refractivity contribution >= 4 is 23.2 Å². The normalized spacial score (nSPS) is 10.8. The number of nitrogens with zero attached hydrogens (tertiary/aromatic N) is 3. The summed E-state index contributed by atoms with van der Waals surface area (Å²) in [6.07, 6.45) is 2.48. The molecule has 2 rings (SSSR count). The molecule has 1 heterocycles. The van der Waals surface area contributed by atoms with E-state index in [1.807, 2.05) is 13.8 Å². The van der Waals surface area contributed by atoms with Crippen molar-refractivity contribution in [3.63, 3.8) is 0 Å². The highest BCUT2D eigenvalue weighted by molar-refractivity contribution is 6.32. The first-order valence-corrected chi connectivity index (χ1v) is 8.74. The second kappa shape index (κ2) is 9.89. The van der Waals surface area contributed by atoms with Crippen molar-refractivity contribution in [1.82, 2.24) is 15.1 Å². The molecule has 0 saturated carbocycles. The molecule has 9 nitrogen and oxygen atoms in total. The molecular formula is C17H21ClN4O5. The lowest BCUT2D eigenvalue weighted by molar-refractivity contribution is -0.384. The van der Waals surface area contributed by atoms with E-state index >= 15 is 0 Å². The van der Waals surface area contributed by atoms with Gasteiger partial charge < -0.3 is 14.8 Å². The number of rotatable bonds is 10. The van der Waals surface area contributed by atoms with Gasteiger partial charge >= 0.3 is 0 Å². The zero-order chi connectivity index (χ0) is 19.8. The molecule has 0 atom stereocenters. The minimum Gasteiger partial charge on any atom is -0.470 e. The lowest BCUT2D eigenvalue weighted by Crippen LogP contribution is -2.26. The molecule has 0 aliphatic carbocycles. The monoisotopic (exact) mass is 396 g/mol. The number of amides is 1. The standard InChI is InChI=1S/C17H21ClN4O5/c1-12(2)26-9-3-7-19-17(23)15-6-8-21(20-15)11-27-16-5-4-13(22(24)25)10-14(16)18/h4-6,8,10,12H,3,7,9,11H2,1-2H3,(H,19,23). The van der Waals surface area contributed by atoms with E-state index in [1.54, 1.807) is 12.3 Å². The van der Waals surface area contributed by atoms with Gasteiger partial charge in [0.2, 0.25) is 0 Å². The Labute approximate surface area is 161 Å². The molecule has 10 heteroatoms. The van der Waals surface area contributed by atoms with Gasteiger partial charge in [0.15, 0.2) is 6.73 Å². The summed E-state index contributed by atoms with van der Waals surface area (Å²) < 4.78 is 12.3. The number of non-ortho nitro benzene ring substituents is 1. The maximum atomic E-state index is 12.0. The summed E-state index contributed by atoms with van der Waals surface area (Å²) >= 11 is 5.96. The van der Waals surface area contributed by atoms with E-state index in [9.17, 15) is 14.9 Å². The molecule has 0 unspecified atom stereocenters. The Morgan fingerprint density at radius 2 is 2.19 bits per heavy atom. The van der Waals surface area contributed by atoms with Crippen LogP contribution in [0.25, 0.3) is 0 Å². The Morgan fingerprint density at radius 3 is 2.85 bits per heavy atom. The Balaban J connectivity index is 1.82. The summed E-state index contributed by atoms with van der Waals surface area (Å²) in [5.74, 6) is 0.000543. The molecule has 0 radical (unpaired) electrons. The van der Waals surface area contributed by atoms with Crippen LogP contribution in [0.3, 0.4) is 0 Å². The number of hydrogen-bond acceptors (Lipinski definition) is 6. The third-order valence-electron chi connectivity index (χ3n) is 3.41. The molecule has 2 aromatic rings. The molecule has 1 aromatic carbocycles. The van der Waals surface area contributed by atoms with Crippen LogP contribution in [-0.2, 0) is 11.5 Å². The van der Waals surface area contributed by atoms with Crippen molar-refractivity contribution in [2.24, 2.45) is 0 Å². The van der Waals surface area contributed by atoms with Crippen LogP contribution < -0.4 is 10.1 Å². The fourth-order valence-electron chi connectivity index (χ4n) is 2.09. The minimum absolute atomic E-state index is 0.00698. The Morgan fingerprint density at radius 1 is 1.41 bits per heavy atom. The highest BCUT2D eigenvalue weighted by Crippen LogP contribution is 2.28. The number of hydrogen-bond donors (Lipinski definition) is 1. The zero-order valence-electron chi connectivity index (χ0n) is 15.1. The average molecular weight is 397 g/mol. The van der Waals surface area contributed by atoms with Crippen molar-refractivity contribution < 1.29 is 19.2 Å². The number of benzene rings is 1. The molecular weight excluding hydrogens is 376 g/mol. The molecule has 0 spiro atoms. The number of nitro benzene ring substituents is 1. The molecule has 27 heavy (non-hydrogen) atoms. The van der Waals surface area contributed by atoms with Gasteiger partial charge in [-0.25, -0.2) is 4.68 Å². The number of aromatic nitrogens is 2. The second-order valence-corrected chi connectivity index (χ2v) is 6.32. The summed E-state index contributed by atoms with van der Waals surface area (Å²) in [7, 11) is 0. The first-order valence-electron chi connectivity index (χ1n) is 8.37. The quantitative estimate of drug-likeness (QED) is 0.375. The van der Waals surface area contributed by atoms with Crippen LogP contribution in [0.4, 0.5) is 5.69 Å². The van der Waals surface area contributed by atoms with Crippen molar-refractivity contribution in [3.05, 3.63) is 51.3 Å². The van der Waals surface area contributed by atoms with Crippen LogP contribution in [-0.4, -0.2) is 39.9 Å². The molecule has 1 N–H and O–H groups in total. The van der Waals surface area contributed by atoms with E-state index in [2.05, 4.69) is 10.4 Å². The zero-order valence-corrected chi connectivity index (χ0v) is 15.8. The fraction of sp³-hybridized carbons (Fsp3) is 0.412. The average Bonchev–Trinajstić information content (AvgIpc) is 3.09. The first kappa shape index (κ1) is 20.7. The van der Waals surface area contributed by atoms with Crippen molar-refractivity contribution in [1.29, 1.82) is 0 Å². The summed E-state index contributed by atoms with van der Waals surface area (Å²) in [6, 6.07) is 5.49. The van der Waals surface area contributed by atoms with E-state index < -0.39 is 4.92 Å². The van der Waals surface area contributed by atoms with Gasteiger partial charge in [-0.2, -0.15) is 5.10 Å². The van der Waals surface area contributed by atoms with Gasteiger partial charge in [0.1, 0.15) is 11.4 Å². The third-order valence-corrected chi connectivity index (χ3v) is 3.71. The Hall–Kier alpha value is -2.65. The molecule has 146 valence electrons. The molecule has 0 saturated heterocycles. The number of nitrogens with one attached hydrogen (secondary N) is 1. The fourth-order valence-corrected chi connectivity index (χ4v) is 2.32. The smallest absolute Gasteiger partial charge is 0.271 e. The van der Waals surface area contributed by atoms with Gasteiger partial charge in [0, 0.05) is 31.5 Å². The second-order valence-electron chi connectivity index (χ2n) is 5.91. The number of halogens is 1. The molecule has 0 aliphatic heterocycles. The predicted octanol–water partition coefficient (Wildman–Crippen LogP) is 3.03. The van der Waals surface area contributed by atoms with Crippen molar-refractivity contribution in [2.75, 3.05) is 13.2 Å². The van der Waals surface area contributed by atoms with Crippen LogP contribution in [0.5, 0.6) is 5.75 Å². The molecule has 0 fully saturated rings. The SMILES string of the molecule is CC(C)OCCCNC(=O)c1ccn(COc2ccc([N+](=O)[O-])cc2Cl)n1. The lowest BCUT2D eigenvalue weighted by Gasteiger charge is -2.08. The number of ether oxygens (including phenoxy) is 2. The van der Waals surface area contributed by atoms with Crippen LogP contribution in [0.1, 0.15) is 30.8 Å². The van der Waals surface area contributed by atoms with E-state index in [-0.39, 0.29) is 40.9 Å². The Bertz CT molecular complexity index is 793. The topological polar surface area (TPSA) is 109 Å². The lowest BCUT2D eigenvalue weighted by atomic mass is 10.3. The maximum Gasteiger partial charge on any atom is 0.271 e. The van der Waals surface area contributed by atoms with Gasteiger partial charge in [-0.3, -0.25) is 14.9 Å². The number of carbonyl (C=O) groups excluding carboxylic acids is 1. The van der Waals surface area contributed by atoms with Gasteiger partial charge in [-0.05, 0) is 32.4 Å². The maximum absolute atomic E-state index is 12.0. The molecule has 0 aliphatic rings. The van der Waals surface area contributed by atoms with Gasteiger partial charge in [0.05, 0.1) is 16.0 Å². The van der Waals surface area contributed by atoms with Crippen molar-refractivity contribution in [3.8, 4) is 5.75 Å². The molecule has 1 aromatic heterocycles. The third kappa shape index (κ3) is 6.54.